The van der Waals surface area contributed by atoms with E-state index in [-0.39, 0.29) is 6.10 Å². The van der Waals surface area contributed by atoms with Crippen LogP contribution in [0.1, 0.15) is 110 Å². The van der Waals surface area contributed by atoms with Crippen LogP contribution in [0.15, 0.2) is 47.6 Å². The number of hydrogen-bond donors (Lipinski definition) is 3. The summed E-state index contributed by atoms with van der Waals surface area (Å²) in [7, 11) is 0. The van der Waals surface area contributed by atoms with Crippen molar-refractivity contribution in [2.75, 3.05) is 0 Å². The van der Waals surface area contributed by atoms with E-state index in [1.807, 2.05) is 0 Å². The van der Waals surface area contributed by atoms with Crippen LogP contribution >= 0.6 is 0 Å². The first-order chi connectivity index (χ1) is 18.6. The third-order valence-corrected chi connectivity index (χ3v) is 12.7. The Kier molecular flexibility index (Phi) is 7.83. The Morgan fingerprint density at radius 3 is 2.26 bits per heavy atom. The van der Waals surface area contributed by atoms with E-state index in [1.165, 1.54) is 70.6 Å². The fraction of sp³-hybridized carbons (Fsp3) is 0.778. The minimum Gasteiger partial charge on any atom is -0.393 e. The maximum Gasteiger partial charge on any atom is 0.0809 e. The molecule has 0 saturated heterocycles. The molecule has 7 atom stereocenters. The molecule has 0 aromatic rings. The zero-order valence-corrected chi connectivity index (χ0v) is 24.7. The summed E-state index contributed by atoms with van der Waals surface area (Å²) in [6.45, 7) is 8.81. The predicted molar refractivity (Wildman–Crippen MR) is 159 cm³/mol. The average Bonchev–Trinajstić information content (AvgIpc) is 3.22. The molecule has 7 aliphatic rings. The first kappa shape index (κ1) is 28.0. The van der Waals surface area contributed by atoms with E-state index in [2.05, 4.69) is 44.7 Å². The molecule has 0 heterocycles. The van der Waals surface area contributed by atoms with Gasteiger partial charge in [-0.15, -0.1) is 0 Å². The standard InChI is InChI=1S/C36H54O3/c1-23(6-4-8-30(37)22-36-19-26-14-27(20-36)16-28(15-26)21-36)31-11-12-32-29(7-5-13-35(31,32)3)10-9-25-17-33(38)24(2)34(39)18-25/h4,6,9-10,23,26-28,30-34,37-39H,2,5,7-8,11-22H2,1,3H3/b6-4+,29-10+/t23-,26?,27?,28?,30+,31+,32-,33+,34+,35+,36?/m0/s1. The van der Waals surface area contributed by atoms with Gasteiger partial charge in [-0.05, 0) is 148 Å². The van der Waals surface area contributed by atoms with Gasteiger partial charge in [0.05, 0.1) is 18.3 Å². The quantitative estimate of drug-likeness (QED) is 0.294. The molecule has 3 heteroatoms. The minimum atomic E-state index is -0.621. The van der Waals surface area contributed by atoms with Gasteiger partial charge >= 0.3 is 0 Å². The van der Waals surface area contributed by atoms with Crippen molar-refractivity contribution in [1.29, 1.82) is 0 Å². The van der Waals surface area contributed by atoms with Crippen molar-refractivity contribution >= 4 is 0 Å². The van der Waals surface area contributed by atoms with Gasteiger partial charge in [0.1, 0.15) is 0 Å². The first-order valence-corrected chi connectivity index (χ1v) is 16.4. The van der Waals surface area contributed by atoms with Gasteiger partial charge in [-0.25, -0.2) is 0 Å². The molecule has 216 valence electrons. The SMILES string of the molecule is C=C1[C@H](O)CC(=C/C=C2\CCC[C@]3(C)[C@@H]([C@@H](C)/C=C/C[C@@H](O)CC45CC6CC(CC(C6)C4)C5)CC[C@@H]23)C[C@H]1O. The van der Waals surface area contributed by atoms with E-state index < -0.39 is 12.2 Å². The molecule has 4 bridgehead atoms. The number of aliphatic hydroxyl groups is 3. The van der Waals surface area contributed by atoms with Gasteiger partial charge in [0.15, 0.2) is 0 Å². The van der Waals surface area contributed by atoms with Crippen LogP contribution in [-0.2, 0) is 0 Å². The fourth-order valence-electron chi connectivity index (χ4n) is 11.3. The molecule has 0 spiro atoms. The second kappa shape index (κ2) is 10.9. The Hall–Kier alpha value is -1.16. The fourth-order valence-corrected chi connectivity index (χ4v) is 11.3. The second-order valence-electron chi connectivity index (χ2n) is 15.5. The Morgan fingerprint density at radius 2 is 1.62 bits per heavy atom. The van der Waals surface area contributed by atoms with Crippen molar-refractivity contribution in [3.63, 3.8) is 0 Å². The van der Waals surface area contributed by atoms with E-state index in [0.717, 1.165) is 36.2 Å². The van der Waals surface area contributed by atoms with Crippen molar-refractivity contribution in [3.05, 3.63) is 47.6 Å². The highest BCUT2D eigenvalue weighted by Gasteiger charge is 2.52. The van der Waals surface area contributed by atoms with Crippen molar-refractivity contribution in [2.45, 2.75) is 128 Å². The first-order valence-electron chi connectivity index (χ1n) is 16.4. The van der Waals surface area contributed by atoms with Crippen LogP contribution in [-0.4, -0.2) is 33.6 Å². The van der Waals surface area contributed by atoms with Gasteiger partial charge in [0.2, 0.25) is 0 Å². The lowest BCUT2D eigenvalue weighted by Crippen LogP contribution is -2.47. The predicted octanol–water partition coefficient (Wildman–Crippen LogP) is 7.68. The lowest BCUT2D eigenvalue weighted by atomic mass is 9.48. The van der Waals surface area contributed by atoms with Gasteiger partial charge in [0.25, 0.3) is 0 Å². The summed E-state index contributed by atoms with van der Waals surface area (Å²) in [5.41, 5.74) is 4.08. The third-order valence-electron chi connectivity index (χ3n) is 12.7. The highest BCUT2D eigenvalue weighted by atomic mass is 16.3. The monoisotopic (exact) mass is 534 g/mol. The number of allylic oxidation sites excluding steroid dienone is 4. The Balaban J connectivity index is 1.05. The molecule has 0 aromatic heterocycles. The highest BCUT2D eigenvalue weighted by Crippen LogP contribution is 2.62. The van der Waals surface area contributed by atoms with Crippen LogP contribution in [0, 0.1) is 46.3 Å². The molecule has 7 saturated carbocycles. The number of fused-ring (bicyclic) bond motifs is 1. The molecular formula is C36H54O3. The van der Waals surface area contributed by atoms with Crippen molar-refractivity contribution in [1.82, 2.24) is 0 Å². The lowest BCUT2D eigenvalue weighted by molar-refractivity contribution is -0.0753. The average molecular weight is 535 g/mol. The maximum absolute atomic E-state index is 11.1. The van der Waals surface area contributed by atoms with E-state index >= 15 is 0 Å². The van der Waals surface area contributed by atoms with E-state index in [0.29, 0.717) is 47.0 Å². The Labute approximate surface area is 237 Å². The second-order valence-corrected chi connectivity index (χ2v) is 15.5. The summed E-state index contributed by atoms with van der Waals surface area (Å²) >= 11 is 0. The summed E-state index contributed by atoms with van der Waals surface area (Å²) in [6.07, 6.45) is 25.8. The molecule has 0 aromatic carbocycles. The van der Waals surface area contributed by atoms with E-state index in [9.17, 15) is 15.3 Å². The maximum atomic E-state index is 11.1. The van der Waals surface area contributed by atoms with Crippen LogP contribution in [0.3, 0.4) is 0 Å². The summed E-state index contributed by atoms with van der Waals surface area (Å²) in [4.78, 5) is 0. The Bertz CT molecular complexity index is 967. The van der Waals surface area contributed by atoms with Crippen molar-refractivity contribution in [3.8, 4) is 0 Å². The molecule has 3 nitrogen and oxygen atoms in total. The highest BCUT2D eigenvalue weighted by molar-refractivity contribution is 5.29. The molecule has 7 aliphatic carbocycles. The van der Waals surface area contributed by atoms with Gasteiger partial charge in [-0.3, -0.25) is 0 Å². The summed E-state index contributed by atoms with van der Waals surface area (Å²) in [6, 6.07) is 0. The molecule has 7 rings (SSSR count). The van der Waals surface area contributed by atoms with Crippen LogP contribution < -0.4 is 0 Å². The summed E-state index contributed by atoms with van der Waals surface area (Å²) in [5.74, 6) is 4.75. The van der Waals surface area contributed by atoms with Gasteiger partial charge in [0, 0.05) is 0 Å². The van der Waals surface area contributed by atoms with Crippen LogP contribution in [0.2, 0.25) is 0 Å². The molecule has 39 heavy (non-hydrogen) atoms. The molecule has 3 N–H and O–H groups in total. The summed E-state index contributed by atoms with van der Waals surface area (Å²) in [5, 5.41) is 31.5. The number of aliphatic hydroxyl groups excluding tert-OH is 3. The molecule has 7 fully saturated rings. The van der Waals surface area contributed by atoms with E-state index in [1.54, 1.807) is 5.57 Å². The third kappa shape index (κ3) is 5.54. The zero-order valence-electron chi connectivity index (χ0n) is 24.7. The van der Waals surface area contributed by atoms with Gasteiger partial charge in [-0.1, -0.05) is 55.9 Å². The topological polar surface area (TPSA) is 60.7 Å². The zero-order chi connectivity index (χ0) is 27.4. The smallest absolute Gasteiger partial charge is 0.0809 e. The largest absolute Gasteiger partial charge is 0.393 e. The molecule has 0 amide bonds. The van der Waals surface area contributed by atoms with Crippen molar-refractivity contribution in [2.24, 2.45) is 46.3 Å². The van der Waals surface area contributed by atoms with Crippen LogP contribution in [0.25, 0.3) is 0 Å². The summed E-state index contributed by atoms with van der Waals surface area (Å²) < 4.78 is 0. The molecule has 0 aliphatic heterocycles. The lowest BCUT2D eigenvalue weighted by Gasteiger charge is -2.57. The molecule has 0 unspecified atom stereocenters. The van der Waals surface area contributed by atoms with E-state index in [4.69, 9.17) is 0 Å². The van der Waals surface area contributed by atoms with Crippen LogP contribution in [0.4, 0.5) is 0 Å². The molecular weight excluding hydrogens is 480 g/mol. The van der Waals surface area contributed by atoms with Gasteiger partial charge in [-0.2, -0.15) is 0 Å². The van der Waals surface area contributed by atoms with Crippen LogP contribution in [0.5, 0.6) is 0 Å². The minimum absolute atomic E-state index is 0.178. The van der Waals surface area contributed by atoms with Crippen molar-refractivity contribution < 1.29 is 15.3 Å². The number of hydrogen-bond acceptors (Lipinski definition) is 3. The Morgan fingerprint density at radius 1 is 0.974 bits per heavy atom. The normalized spacial score (nSPS) is 46.2. The molecule has 0 radical (unpaired) electrons. The number of rotatable bonds is 7. The van der Waals surface area contributed by atoms with Gasteiger partial charge < -0.3 is 15.3 Å².